The summed E-state index contributed by atoms with van der Waals surface area (Å²) in [6, 6.07) is 4.50. The molecule has 158 valence electrons. The van der Waals surface area contributed by atoms with E-state index in [-0.39, 0.29) is 11.6 Å². The third kappa shape index (κ3) is 2.64. The Labute approximate surface area is 170 Å². The standard InChI is InChI=1S/C19H16F3N3O4S/c1-11-10-23-8-7-15(11)25-17(27)24(16(26)18(25)9-12(18)2)13-3-5-14(6-4-13)30(28,29)19(20,21)22/h3-8,10,12H,9H2,1-2H3. The Kier molecular flexibility index (Phi) is 4.25. The molecule has 2 heterocycles. The number of carbonyl (C=O) groups excluding carboxylic acids is 2. The van der Waals surface area contributed by atoms with Crippen LogP contribution in [0.15, 0.2) is 47.6 Å². The van der Waals surface area contributed by atoms with Crippen LogP contribution in [0.25, 0.3) is 0 Å². The second-order valence-electron chi connectivity index (χ2n) is 7.39. The average Bonchev–Trinajstić information content (AvgIpc) is 3.29. The summed E-state index contributed by atoms with van der Waals surface area (Å²) in [5.41, 5.74) is -5.31. The van der Waals surface area contributed by atoms with Crippen molar-refractivity contribution >= 4 is 33.2 Å². The maximum absolute atomic E-state index is 13.2. The molecule has 1 aromatic carbocycles. The van der Waals surface area contributed by atoms with Crippen molar-refractivity contribution in [2.24, 2.45) is 5.92 Å². The summed E-state index contributed by atoms with van der Waals surface area (Å²) >= 11 is 0. The number of hydrogen-bond acceptors (Lipinski definition) is 5. The molecule has 1 saturated carbocycles. The number of nitrogens with zero attached hydrogens (tertiary/aromatic N) is 3. The van der Waals surface area contributed by atoms with Crippen LogP contribution in [0.5, 0.6) is 0 Å². The minimum Gasteiger partial charge on any atom is -0.278 e. The topological polar surface area (TPSA) is 87.7 Å². The summed E-state index contributed by atoms with van der Waals surface area (Å²) in [4.78, 5) is 31.7. The summed E-state index contributed by atoms with van der Waals surface area (Å²) in [5, 5.41) is 0. The molecule has 7 nitrogen and oxygen atoms in total. The molecule has 2 aliphatic rings. The number of urea groups is 1. The van der Waals surface area contributed by atoms with E-state index in [0.717, 1.165) is 29.2 Å². The summed E-state index contributed by atoms with van der Waals surface area (Å²) < 4.78 is 61.4. The van der Waals surface area contributed by atoms with Crippen LogP contribution in [-0.4, -0.2) is 36.4 Å². The quantitative estimate of drug-likeness (QED) is 0.684. The first-order valence-electron chi connectivity index (χ1n) is 8.93. The Morgan fingerprint density at radius 1 is 1.13 bits per heavy atom. The molecule has 0 bridgehead atoms. The minimum absolute atomic E-state index is 0.00110. The molecule has 11 heteroatoms. The van der Waals surface area contributed by atoms with Crippen LogP contribution in [0.3, 0.4) is 0 Å². The molecule has 2 unspecified atom stereocenters. The van der Waals surface area contributed by atoms with Gasteiger partial charge in [-0.15, -0.1) is 0 Å². The third-order valence-corrected chi connectivity index (χ3v) is 7.07. The fourth-order valence-corrected chi connectivity index (χ4v) is 4.60. The highest BCUT2D eigenvalue weighted by Crippen LogP contribution is 2.55. The van der Waals surface area contributed by atoms with Gasteiger partial charge in [0.1, 0.15) is 5.54 Å². The number of anilines is 2. The molecule has 0 radical (unpaired) electrons. The van der Waals surface area contributed by atoms with E-state index in [4.69, 9.17) is 0 Å². The average molecular weight is 439 g/mol. The van der Waals surface area contributed by atoms with Crippen LogP contribution in [0.1, 0.15) is 18.9 Å². The fraction of sp³-hybridized carbons (Fsp3) is 0.316. The van der Waals surface area contributed by atoms with E-state index in [9.17, 15) is 31.2 Å². The maximum atomic E-state index is 13.2. The number of pyridine rings is 1. The number of halogens is 3. The molecular formula is C19H16F3N3O4S. The highest BCUT2D eigenvalue weighted by atomic mass is 32.2. The van der Waals surface area contributed by atoms with Gasteiger partial charge >= 0.3 is 11.5 Å². The Bertz CT molecular complexity index is 1160. The molecule has 1 saturated heterocycles. The number of aryl methyl sites for hydroxylation is 1. The van der Waals surface area contributed by atoms with Crippen LogP contribution >= 0.6 is 0 Å². The van der Waals surface area contributed by atoms with Crippen LogP contribution in [0, 0.1) is 12.8 Å². The van der Waals surface area contributed by atoms with E-state index in [0.29, 0.717) is 17.7 Å². The largest absolute Gasteiger partial charge is 0.501 e. The number of rotatable bonds is 3. The Morgan fingerprint density at radius 2 is 1.73 bits per heavy atom. The monoisotopic (exact) mass is 439 g/mol. The summed E-state index contributed by atoms with van der Waals surface area (Å²) in [7, 11) is -5.53. The maximum Gasteiger partial charge on any atom is 0.501 e. The lowest BCUT2D eigenvalue weighted by Gasteiger charge is -2.23. The number of carbonyl (C=O) groups is 2. The molecule has 30 heavy (non-hydrogen) atoms. The van der Waals surface area contributed by atoms with Crippen molar-refractivity contribution in [3.8, 4) is 0 Å². The van der Waals surface area contributed by atoms with E-state index >= 15 is 0 Å². The van der Waals surface area contributed by atoms with E-state index in [1.165, 1.54) is 11.1 Å². The van der Waals surface area contributed by atoms with E-state index in [1.807, 2.05) is 6.92 Å². The predicted molar refractivity (Wildman–Crippen MR) is 101 cm³/mol. The smallest absolute Gasteiger partial charge is 0.278 e. The van der Waals surface area contributed by atoms with E-state index in [2.05, 4.69) is 4.98 Å². The number of benzene rings is 1. The van der Waals surface area contributed by atoms with Crippen molar-refractivity contribution < 1.29 is 31.2 Å². The minimum atomic E-state index is -5.53. The summed E-state index contributed by atoms with van der Waals surface area (Å²) in [6.07, 6.45) is 3.50. The van der Waals surface area contributed by atoms with Gasteiger partial charge in [-0.1, -0.05) is 6.92 Å². The first-order valence-corrected chi connectivity index (χ1v) is 10.4. The lowest BCUT2D eigenvalue weighted by molar-refractivity contribution is -0.119. The zero-order valence-corrected chi connectivity index (χ0v) is 16.7. The van der Waals surface area contributed by atoms with Crippen molar-refractivity contribution in [3.63, 3.8) is 0 Å². The molecule has 1 aliphatic heterocycles. The van der Waals surface area contributed by atoms with Gasteiger partial charge in [-0.05, 0) is 55.2 Å². The second kappa shape index (κ2) is 6.27. The molecule has 2 atom stereocenters. The van der Waals surface area contributed by atoms with Gasteiger partial charge < -0.3 is 0 Å². The van der Waals surface area contributed by atoms with Gasteiger partial charge in [0.2, 0.25) is 0 Å². The number of amides is 3. The number of imide groups is 1. The van der Waals surface area contributed by atoms with Crippen molar-refractivity contribution in [1.82, 2.24) is 4.98 Å². The van der Waals surface area contributed by atoms with Crippen LogP contribution in [0.2, 0.25) is 0 Å². The van der Waals surface area contributed by atoms with Crippen molar-refractivity contribution in [3.05, 3.63) is 48.3 Å². The molecular weight excluding hydrogens is 423 g/mol. The Balaban J connectivity index is 1.75. The van der Waals surface area contributed by atoms with Crippen molar-refractivity contribution in [2.75, 3.05) is 9.80 Å². The van der Waals surface area contributed by atoms with Gasteiger partial charge in [-0.3, -0.25) is 14.7 Å². The van der Waals surface area contributed by atoms with Crippen LogP contribution < -0.4 is 9.80 Å². The first-order chi connectivity index (χ1) is 13.9. The number of aromatic nitrogens is 1. The van der Waals surface area contributed by atoms with Gasteiger partial charge in [0.05, 0.1) is 16.3 Å². The SMILES string of the molecule is Cc1cnccc1N1C(=O)N(c2ccc(S(=O)(=O)C(F)(F)F)cc2)C(=O)C12CC2C. The van der Waals surface area contributed by atoms with Gasteiger partial charge in [-0.2, -0.15) is 13.2 Å². The van der Waals surface area contributed by atoms with Gasteiger partial charge in [0.25, 0.3) is 15.7 Å². The fourth-order valence-electron chi connectivity index (χ4n) is 3.84. The molecule has 1 spiro atoms. The van der Waals surface area contributed by atoms with Crippen molar-refractivity contribution in [2.45, 2.75) is 36.2 Å². The number of hydrogen-bond donors (Lipinski definition) is 0. The zero-order valence-electron chi connectivity index (χ0n) is 15.8. The number of sulfone groups is 1. The molecule has 2 fully saturated rings. The highest BCUT2D eigenvalue weighted by molar-refractivity contribution is 7.92. The Hall–Kier alpha value is -2.95. The summed E-state index contributed by atoms with van der Waals surface area (Å²) in [6.45, 7) is 3.58. The van der Waals surface area contributed by atoms with Gasteiger partial charge in [-0.25, -0.2) is 18.1 Å². The third-order valence-electron chi connectivity index (χ3n) is 5.57. The van der Waals surface area contributed by atoms with Gasteiger partial charge in [0, 0.05) is 12.4 Å². The van der Waals surface area contributed by atoms with Crippen LogP contribution in [0.4, 0.5) is 29.3 Å². The summed E-state index contributed by atoms with van der Waals surface area (Å²) in [5.74, 6) is -0.612. The van der Waals surface area contributed by atoms with Crippen molar-refractivity contribution in [1.29, 1.82) is 0 Å². The predicted octanol–water partition coefficient (Wildman–Crippen LogP) is 3.44. The lowest BCUT2D eigenvalue weighted by atomic mass is 10.1. The highest BCUT2D eigenvalue weighted by Gasteiger charge is 2.70. The Morgan fingerprint density at radius 3 is 2.23 bits per heavy atom. The van der Waals surface area contributed by atoms with Gasteiger partial charge in [0.15, 0.2) is 0 Å². The first kappa shape index (κ1) is 20.3. The second-order valence-corrected chi connectivity index (χ2v) is 9.33. The van der Waals surface area contributed by atoms with Crippen LogP contribution in [-0.2, 0) is 14.6 Å². The molecule has 4 rings (SSSR count). The molecule has 1 aromatic heterocycles. The number of alkyl halides is 3. The molecule has 3 amide bonds. The molecule has 2 aromatic rings. The normalized spacial score (nSPS) is 24.1. The van der Waals surface area contributed by atoms with E-state index < -0.39 is 37.7 Å². The molecule has 0 N–H and O–H groups in total. The zero-order chi connectivity index (χ0) is 22.1. The molecule has 1 aliphatic carbocycles. The lowest BCUT2D eigenvalue weighted by Crippen LogP contribution is -2.39. The van der Waals surface area contributed by atoms with E-state index in [1.54, 1.807) is 19.2 Å².